The lowest BCUT2D eigenvalue weighted by atomic mass is 10.2. The maximum atomic E-state index is 11.5. The second kappa shape index (κ2) is 6.75. The molecule has 1 aromatic heterocycles. The van der Waals surface area contributed by atoms with Gasteiger partial charge in [0.05, 0.1) is 17.5 Å². The molecule has 6 nitrogen and oxygen atoms in total. The zero-order chi connectivity index (χ0) is 14.2. The van der Waals surface area contributed by atoms with Crippen LogP contribution in [0.25, 0.3) is 0 Å². The minimum Gasteiger partial charge on any atom is -0.482 e. The van der Waals surface area contributed by atoms with Crippen LogP contribution in [-0.2, 0) is 4.79 Å². The van der Waals surface area contributed by atoms with Crippen molar-refractivity contribution >= 4 is 12.1 Å². The van der Waals surface area contributed by atoms with E-state index in [1.165, 1.54) is 6.21 Å². The molecule has 0 bridgehead atoms. The van der Waals surface area contributed by atoms with E-state index in [4.69, 9.17) is 10.00 Å². The van der Waals surface area contributed by atoms with Crippen molar-refractivity contribution in [3.63, 3.8) is 0 Å². The van der Waals surface area contributed by atoms with Crippen LogP contribution in [0.1, 0.15) is 11.3 Å². The fraction of sp³-hybridized carbons (Fsp3) is 0.0714. The number of hydrogen-bond acceptors (Lipinski definition) is 4. The molecule has 0 aliphatic rings. The van der Waals surface area contributed by atoms with E-state index in [0.717, 1.165) is 5.69 Å². The fourth-order valence-electron chi connectivity index (χ4n) is 1.46. The standard InChI is InChI=1S/C14H12N4O2/c15-8-11-4-1-2-6-13(11)20-10-14(19)18-17-9-12-5-3-7-16-12/h1-7,9,16H,10H2,(H,18,19)/b17-9+. The summed E-state index contributed by atoms with van der Waals surface area (Å²) in [7, 11) is 0. The summed E-state index contributed by atoms with van der Waals surface area (Å²) in [4.78, 5) is 14.4. The molecular weight excluding hydrogens is 256 g/mol. The predicted molar refractivity (Wildman–Crippen MR) is 73.2 cm³/mol. The predicted octanol–water partition coefficient (Wildman–Crippen LogP) is 1.42. The molecule has 100 valence electrons. The summed E-state index contributed by atoms with van der Waals surface area (Å²) in [6, 6.07) is 12.3. The van der Waals surface area contributed by atoms with Crippen LogP contribution in [0.2, 0.25) is 0 Å². The van der Waals surface area contributed by atoms with Crippen LogP contribution in [0.4, 0.5) is 0 Å². The molecule has 0 unspecified atom stereocenters. The minimum atomic E-state index is -0.402. The highest BCUT2D eigenvalue weighted by Gasteiger charge is 2.05. The number of hydrazone groups is 1. The molecule has 0 spiro atoms. The summed E-state index contributed by atoms with van der Waals surface area (Å²) in [5.41, 5.74) is 3.49. The Balaban J connectivity index is 1.82. The molecule has 20 heavy (non-hydrogen) atoms. The second-order valence-electron chi connectivity index (χ2n) is 3.82. The van der Waals surface area contributed by atoms with Gasteiger partial charge in [-0.15, -0.1) is 0 Å². The largest absolute Gasteiger partial charge is 0.482 e. The van der Waals surface area contributed by atoms with Gasteiger partial charge in [0.1, 0.15) is 11.8 Å². The molecule has 0 radical (unpaired) electrons. The first kappa shape index (κ1) is 13.4. The first-order chi connectivity index (χ1) is 9.79. The number of nitriles is 1. The molecule has 2 N–H and O–H groups in total. The Morgan fingerprint density at radius 2 is 2.25 bits per heavy atom. The van der Waals surface area contributed by atoms with Gasteiger partial charge < -0.3 is 9.72 Å². The van der Waals surface area contributed by atoms with E-state index in [1.54, 1.807) is 30.5 Å². The lowest BCUT2D eigenvalue weighted by Crippen LogP contribution is -2.24. The smallest absolute Gasteiger partial charge is 0.277 e. The van der Waals surface area contributed by atoms with Crippen molar-refractivity contribution in [2.75, 3.05) is 6.61 Å². The van der Waals surface area contributed by atoms with E-state index >= 15 is 0 Å². The average molecular weight is 268 g/mol. The molecule has 0 aliphatic carbocycles. The summed E-state index contributed by atoms with van der Waals surface area (Å²) in [6.07, 6.45) is 3.24. The van der Waals surface area contributed by atoms with E-state index < -0.39 is 5.91 Å². The summed E-state index contributed by atoms with van der Waals surface area (Å²) in [5.74, 6) is -0.0287. The minimum absolute atomic E-state index is 0.208. The third-order valence-electron chi connectivity index (χ3n) is 2.38. The van der Waals surface area contributed by atoms with Crippen LogP contribution < -0.4 is 10.2 Å². The molecule has 1 heterocycles. The van der Waals surface area contributed by atoms with Crippen LogP contribution in [0.5, 0.6) is 5.75 Å². The van der Waals surface area contributed by atoms with Crippen molar-refractivity contribution in [1.82, 2.24) is 10.4 Å². The molecule has 0 saturated heterocycles. The van der Waals surface area contributed by atoms with Gasteiger partial charge in [0.15, 0.2) is 6.61 Å². The van der Waals surface area contributed by atoms with Crippen LogP contribution in [0, 0.1) is 11.3 Å². The third kappa shape index (κ3) is 3.71. The van der Waals surface area contributed by atoms with E-state index in [9.17, 15) is 4.79 Å². The number of carbonyl (C=O) groups excluding carboxylic acids is 1. The maximum Gasteiger partial charge on any atom is 0.277 e. The first-order valence-corrected chi connectivity index (χ1v) is 5.87. The van der Waals surface area contributed by atoms with Gasteiger partial charge in [0.2, 0.25) is 0 Å². The molecule has 0 atom stereocenters. The lowest BCUT2D eigenvalue weighted by Gasteiger charge is -2.05. The average Bonchev–Trinajstić information content (AvgIpc) is 2.98. The second-order valence-corrected chi connectivity index (χ2v) is 3.82. The number of H-pyrrole nitrogens is 1. The van der Waals surface area contributed by atoms with Crippen LogP contribution in [0.15, 0.2) is 47.7 Å². The summed E-state index contributed by atoms with van der Waals surface area (Å²) in [6.45, 7) is -0.208. The van der Waals surface area contributed by atoms with Gasteiger partial charge in [-0.05, 0) is 24.3 Å². The van der Waals surface area contributed by atoms with Gasteiger partial charge in [-0.25, -0.2) is 5.43 Å². The van der Waals surface area contributed by atoms with Crippen molar-refractivity contribution in [2.45, 2.75) is 0 Å². The number of nitrogens with one attached hydrogen (secondary N) is 2. The van der Waals surface area contributed by atoms with Gasteiger partial charge in [-0.2, -0.15) is 10.4 Å². The van der Waals surface area contributed by atoms with Gasteiger partial charge >= 0.3 is 0 Å². The molecule has 2 aromatic rings. The quantitative estimate of drug-likeness (QED) is 0.634. The van der Waals surface area contributed by atoms with Crippen molar-refractivity contribution in [2.24, 2.45) is 5.10 Å². The van der Waals surface area contributed by atoms with E-state index in [0.29, 0.717) is 11.3 Å². The Hall–Kier alpha value is -3.07. The number of hydrogen-bond donors (Lipinski definition) is 2. The molecule has 0 fully saturated rings. The van der Waals surface area contributed by atoms with Crippen molar-refractivity contribution in [1.29, 1.82) is 5.26 Å². The monoisotopic (exact) mass is 268 g/mol. The number of ether oxygens (including phenoxy) is 1. The van der Waals surface area contributed by atoms with Crippen molar-refractivity contribution in [3.8, 4) is 11.8 Å². The molecule has 1 aromatic carbocycles. The molecule has 6 heteroatoms. The Kier molecular flexibility index (Phi) is 4.51. The van der Waals surface area contributed by atoms with E-state index in [-0.39, 0.29) is 6.61 Å². The first-order valence-electron chi connectivity index (χ1n) is 5.87. The Morgan fingerprint density at radius 3 is 3.00 bits per heavy atom. The fourth-order valence-corrected chi connectivity index (χ4v) is 1.46. The highest BCUT2D eigenvalue weighted by molar-refractivity contribution is 5.81. The highest BCUT2D eigenvalue weighted by atomic mass is 16.5. The lowest BCUT2D eigenvalue weighted by molar-refractivity contribution is -0.123. The number of rotatable bonds is 5. The molecular formula is C14H12N4O2. The van der Waals surface area contributed by atoms with Crippen LogP contribution >= 0.6 is 0 Å². The van der Waals surface area contributed by atoms with Crippen molar-refractivity contribution in [3.05, 3.63) is 53.9 Å². The van der Waals surface area contributed by atoms with E-state index in [2.05, 4.69) is 15.5 Å². The topological polar surface area (TPSA) is 90.3 Å². The number of carbonyl (C=O) groups is 1. The number of benzene rings is 1. The Labute approximate surface area is 115 Å². The SMILES string of the molecule is N#Cc1ccccc1OCC(=O)N/N=C/c1ccc[nH]1. The Bertz CT molecular complexity index is 641. The van der Waals surface area contributed by atoms with Gasteiger partial charge in [0, 0.05) is 6.20 Å². The number of aromatic amines is 1. The number of amides is 1. The number of nitrogens with zero attached hydrogens (tertiary/aromatic N) is 2. The normalized spacial score (nSPS) is 10.2. The zero-order valence-electron chi connectivity index (χ0n) is 10.5. The van der Waals surface area contributed by atoms with E-state index in [1.807, 2.05) is 18.2 Å². The van der Waals surface area contributed by atoms with Gasteiger partial charge in [0.25, 0.3) is 5.91 Å². The zero-order valence-corrected chi connectivity index (χ0v) is 10.5. The van der Waals surface area contributed by atoms with Crippen LogP contribution in [0.3, 0.4) is 0 Å². The van der Waals surface area contributed by atoms with Gasteiger partial charge in [-0.3, -0.25) is 4.79 Å². The molecule has 2 rings (SSSR count). The van der Waals surface area contributed by atoms with Crippen LogP contribution in [-0.4, -0.2) is 23.7 Å². The third-order valence-corrected chi connectivity index (χ3v) is 2.38. The maximum absolute atomic E-state index is 11.5. The van der Waals surface area contributed by atoms with Crippen molar-refractivity contribution < 1.29 is 9.53 Å². The molecule has 0 aliphatic heterocycles. The summed E-state index contributed by atoms with van der Waals surface area (Å²) in [5, 5.41) is 12.6. The number of para-hydroxylation sites is 1. The number of aromatic nitrogens is 1. The van der Waals surface area contributed by atoms with Gasteiger partial charge in [-0.1, -0.05) is 12.1 Å². The molecule has 1 amide bonds. The summed E-state index contributed by atoms with van der Waals surface area (Å²) < 4.78 is 5.26. The highest BCUT2D eigenvalue weighted by Crippen LogP contribution is 2.15. The molecule has 0 saturated carbocycles. The summed E-state index contributed by atoms with van der Waals surface area (Å²) >= 11 is 0. The Morgan fingerprint density at radius 1 is 1.40 bits per heavy atom.